The van der Waals surface area contributed by atoms with E-state index in [1.165, 1.54) is 199 Å². The van der Waals surface area contributed by atoms with Crippen LogP contribution in [0.25, 0.3) is 0 Å². The number of aliphatic hydroxyl groups excluding tert-OH is 2. The molecule has 3 N–H and O–H groups in total. The van der Waals surface area contributed by atoms with Crippen molar-refractivity contribution in [3.8, 4) is 0 Å². The molecule has 0 aliphatic carbocycles. The van der Waals surface area contributed by atoms with Crippen LogP contribution >= 0.6 is 0 Å². The van der Waals surface area contributed by atoms with Crippen molar-refractivity contribution >= 4 is 11.9 Å². The highest BCUT2D eigenvalue weighted by molar-refractivity contribution is 5.76. The van der Waals surface area contributed by atoms with Crippen molar-refractivity contribution < 1.29 is 24.5 Å². The number of carbonyl (C=O) groups is 2. The Morgan fingerprint density at radius 1 is 0.431 bits per heavy atom. The molecule has 65 heavy (non-hydrogen) atoms. The van der Waals surface area contributed by atoms with Gasteiger partial charge in [0.1, 0.15) is 0 Å². The Morgan fingerprint density at radius 2 is 0.785 bits per heavy atom. The van der Waals surface area contributed by atoms with E-state index in [4.69, 9.17) is 4.74 Å². The van der Waals surface area contributed by atoms with Crippen LogP contribution in [0, 0.1) is 0 Å². The number of nitrogens with one attached hydrogen (secondary N) is 1. The molecular formula is C59H111NO5. The minimum Gasteiger partial charge on any atom is -0.466 e. The SMILES string of the molecule is CCCC/C=C\C/C=C\CCCCCCCC(=O)OCCCCCCCCCCC/C=C\CCCCCCCC(=O)NC(CO)C(O)CCCCCCCCCCCCCCCCCC. The monoisotopic (exact) mass is 914 g/mol. The van der Waals surface area contributed by atoms with Crippen molar-refractivity contribution in [2.24, 2.45) is 0 Å². The fraction of sp³-hybridized carbons (Fsp3) is 0.864. The van der Waals surface area contributed by atoms with Crippen LogP contribution in [-0.2, 0) is 14.3 Å². The summed E-state index contributed by atoms with van der Waals surface area (Å²) in [4.78, 5) is 24.5. The number of amides is 1. The Balaban J connectivity index is 3.46. The zero-order valence-corrected chi connectivity index (χ0v) is 43.5. The van der Waals surface area contributed by atoms with Crippen LogP contribution in [0.3, 0.4) is 0 Å². The molecule has 0 saturated heterocycles. The molecule has 0 heterocycles. The number of ether oxygens (including phenoxy) is 1. The highest BCUT2D eigenvalue weighted by Crippen LogP contribution is 2.17. The van der Waals surface area contributed by atoms with Crippen LogP contribution in [-0.4, -0.2) is 47.4 Å². The van der Waals surface area contributed by atoms with Gasteiger partial charge in [0.15, 0.2) is 0 Å². The van der Waals surface area contributed by atoms with Crippen LogP contribution in [0.2, 0.25) is 0 Å². The third-order valence-electron chi connectivity index (χ3n) is 13.2. The molecule has 0 radical (unpaired) electrons. The van der Waals surface area contributed by atoms with Gasteiger partial charge in [0.05, 0.1) is 25.4 Å². The van der Waals surface area contributed by atoms with E-state index in [2.05, 4.69) is 55.6 Å². The molecule has 6 nitrogen and oxygen atoms in total. The van der Waals surface area contributed by atoms with Gasteiger partial charge in [0, 0.05) is 12.8 Å². The molecule has 382 valence electrons. The smallest absolute Gasteiger partial charge is 0.305 e. The summed E-state index contributed by atoms with van der Waals surface area (Å²) in [5.74, 6) is -0.0605. The quantitative estimate of drug-likeness (QED) is 0.0321. The van der Waals surface area contributed by atoms with Crippen molar-refractivity contribution in [3.05, 3.63) is 36.5 Å². The lowest BCUT2D eigenvalue weighted by atomic mass is 10.0. The van der Waals surface area contributed by atoms with Gasteiger partial charge < -0.3 is 20.3 Å². The highest BCUT2D eigenvalue weighted by Gasteiger charge is 2.20. The van der Waals surface area contributed by atoms with E-state index in [1.807, 2.05) is 0 Å². The lowest BCUT2D eigenvalue weighted by Crippen LogP contribution is -2.45. The highest BCUT2D eigenvalue weighted by atomic mass is 16.5. The number of rotatable bonds is 53. The maximum atomic E-state index is 12.5. The van der Waals surface area contributed by atoms with Crippen molar-refractivity contribution in [3.63, 3.8) is 0 Å². The Morgan fingerprint density at radius 3 is 1.23 bits per heavy atom. The number of hydrogen-bond acceptors (Lipinski definition) is 5. The summed E-state index contributed by atoms with van der Waals surface area (Å²) in [6.45, 7) is 4.90. The van der Waals surface area contributed by atoms with Crippen LogP contribution in [0.4, 0.5) is 0 Å². The summed E-state index contributed by atoms with van der Waals surface area (Å²) >= 11 is 0. The summed E-state index contributed by atoms with van der Waals surface area (Å²) in [7, 11) is 0. The Hall–Kier alpha value is -1.92. The van der Waals surface area contributed by atoms with Crippen LogP contribution < -0.4 is 5.32 Å². The molecule has 6 heteroatoms. The van der Waals surface area contributed by atoms with Gasteiger partial charge in [-0.1, -0.05) is 249 Å². The van der Waals surface area contributed by atoms with E-state index in [1.54, 1.807) is 0 Å². The largest absolute Gasteiger partial charge is 0.466 e. The molecule has 0 saturated carbocycles. The summed E-state index contributed by atoms with van der Waals surface area (Å²) in [6, 6.07) is -0.552. The molecule has 0 bridgehead atoms. The van der Waals surface area contributed by atoms with Crippen LogP contribution in [0.15, 0.2) is 36.5 Å². The number of hydrogen-bond donors (Lipinski definition) is 3. The number of allylic oxidation sites excluding steroid dienone is 6. The normalized spacial score (nSPS) is 12.9. The summed E-state index contributed by atoms with van der Waals surface area (Å²) in [5.41, 5.74) is 0. The third kappa shape index (κ3) is 51.3. The average molecular weight is 915 g/mol. The lowest BCUT2D eigenvalue weighted by Gasteiger charge is -2.22. The van der Waals surface area contributed by atoms with E-state index in [0.717, 1.165) is 70.6 Å². The van der Waals surface area contributed by atoms with Gasteiger partial charge in [-0.25, -0.2) is 0 Å². The number of unbranched alkanes of at least 4 members (excludes halogenated alkanes) is 36. The minimum atomic E-state index is -0.673. The third-order valence-corrected chi connectivity index (χ3v) is 13.2. The summed E-state index contributed by atoms with van der Waals surface area (Å²) in [6.07, 6.45) is 67.0. The standard InChI is InChI=1S/C59H111NO5/c1-3-5-7-9-11-13-15-17-19-24-27-31-35-39-43-47-51-57(62)56(55-61)60-58(63)52-48-44-40-36-32-28-25-22-20-21-23-26-30-34-38-42-46-50-54-65-59(64)53-49-45-41-37-33-29-18-16-14-12-10-8-6-4-2/h10,12,16,18,22,25,56-57,61-62H,3-9,11,13-15,17,19-21,23-24,26-55H2,1-2H3,(H,60,63)/b12-10-,18-16-,25-22-. The lowest BCUT2D eigenvalue weighted by molar-refractivity contribution is -0.143. The maximum Gasteiger partial charge on any atom is 0.305 e. The molecule has 1 amide bonds. The molecule has 0 aromatic heterocycles. The first-order chi connectivity index (χ1) is 32.0. The number of aliphatic hydroxyl groups is 2. The Labute approximate surface area is 404 Å². The van der Waals surface area contributed by atoms with E-state index in [0.29, 0.717) is 25.9 Å². The molecule has 2 atom stereocenters. The van der Waals surface area contributed by atoms with E-state index < -0.39 is 12.1 Å². The van der Waals surface area contributed by atoms with Gasteiger partial charge in [0.25, 0.3) is 0 Å². The van der Waals surface area contributed by atoms with Crippen molar-refractivity contribution in [2.45, 2.75) is 315 Å². The Bertz CT molecular complexity index is 1060. The zero-order chi connectivity index (χ0) is 47.2. The van der Waals surface area contributed by atoms with E-state index in [-0.39, 0.29) is 18.5 Å². The summed E-state index contributed by atoms with van der Waals surface area (Å²) in [5, 5.41) is 23.3. The predicted octanol–water partition coefficient (Wildman–Crippen LogP) is 17.6. The van der Waals surface area contributed by atoms with Gasteiger partial charge in [0.2, 0.25) is 5.91 Å². The second-order valence-corrected chi connectivity index (χ2v) is 19.6. The molecule has 0 aromatic rings. The molecule has 2 unspecified atom stereocenters. The zero-order valence-electron chi connectivity index (χ0n) is 43.5. The van der Waals surface area contributed by atoms with Crippen molar-refractivity contribution in [2.75, 3.05) is 13.2 Å². The fourth-order valence-electron chi connectivity index (χ4n) is 8.71. The van der Waals surface area contributed by atoms with Gasteiger partial charge >= 0.3 is 5.97 Å². The molecule has 0 aromatic carbocycles. The molecule has 0 spiro atoms. The maximum absolute atomic E-state index is 12.5. The van der Waals surface area contributed by atoms with Crippen LogP contribution in [0.5, 0.6) is 0 Å². The predicted molar refractivity (Wildman–Crippen MR) is 283 cm³/mol. The van der Waals surface area contributed by atoms with Crippen LogP contribution in [0.1, 0.15) is 303 Å². The molecule has 0 aliphatic heterocycles. The first kappa shape index (κ1) is 63.1. The molecular weight excluding hydrogens is 803 g/mol. The second kappa shape index (κ2) is 54.7. The minimum absolute atomic E-state index is 0.0118. The molecule has 0 fully saturated rings. The average Bonchev–Trinajstić information content (AvgIpc) is 3.31. The topological polar surface area (TPSA) is 95.9 Å². The van der Waals surface area contributed by atoms with Gasteiger partial charge in [-0.3, -0.25) is 9.59 Å². The first-order valence-corrected chi connectivity index (χ1v) is 28.7. The first-order valence-electron chi connectivity index (χ1n) is 28.7. The number of carbonyl (C=O) groups excluding carboxylic acids is 2. The van der Waals surface area contributed by atoms with E-state index >= 15 is 0 Å². The van der Waals surface area contributed by atoms with E-state index in [9.17, 15) is 19.8 Å². The fourth-order valence-corrected chi connectivity index (χ4v) is 8.71. The van der Waals surface area contributed by atoms with Gasteiger partial charge in [-0.05, 0) is 77.0 Å². The molecule has 0 rings (SSSR count). The van der Waals surface area contributed by atoms with Crippen molar-refractivity contribution in [1.82, 2.24) is 5.32 Å². The number of esters is 1. The van der Waals surface area contributed by atoms with Gasteiger partial charge in [-0.15, -0.1) is 0 Å². The Kier molecular flexibility index (Phi) is 53.1. The van der Waals surface area contributed by atoms with Gasteiger partial charge in [-0.2, -0.15) is 0 Å². The van der Waals surface area contributed by atoms with Crippen molar-refractivity contribution in [1.29, 1.82) is 0 Å². The molecule has 0 aliphatic rings. The summed E-state index contributed by atoms with van der Waals surface area (Å²) < 4.78 is 5.46. The second-order valence-electron chi connectivity index (χ2n) is 19.6.